The molecule has 1 aromatic rings. The van der Waals surface area contributed by atoms with Gasteiger partial charge in [-0.3, -0.25) is 0 Å². The van der Waals surface area contributed by atoms with E-state index in [0.29, 0.717) is 19.5 Å². The Balaban J connectivity index is 1.88. The molecule has 0 aromatic carbocycles. The maximum atomic E-state index is 13.7. The molecule has 1 aliphatic heterocycles. The maximum Gasteiger partial charge on any atom is 0.410 e. The third-order valence-electron chi connectivity index (χ3n) is 3.67. The quantitative estimate of drug-likeness (QED) is 0.892. The zero-order valence-electron chi connectivity index (χ0n) is 14.3. The first-order valence-electron chi connectivity index (χ1n) is 8.02. The van der Waals surface area contributed by atoms with Crippen molar-refractivity contribution in [3.05, 3.63) is 11.9 Å². The second-order valence-electron chi connectivity index (χ2n) is 6.79. The van der Waals surface area contributed by atoms with Crippen molar-refractivity contribution in [2.45, 2.75) is 65.0 Å². The van der Waals surface area contributed by atoms with Crippen LogP contribution in [0, 0.1) is 0 Å². The van der Waals surface area contributed by atoms with Crippen molar-refractivity contribution in [3.8, 4) is 0 Å². The highest BCUT2D eigenvalue weighted by atomic mass is 19.1. The van der Waals surface area contributed by atoms with Gasteiger partial charge >= 0.3 is 6.09 Å². The number of hydrogen-bond acceptors (Lipinski definition) is 5. The Labute approximate surface area is 136 Å². The van der Waals surface area contributed by atoms with Gasteiger partial charge in [0.15, 0.2) is 0 Å². The first kappa shape index (κ1) is 17.7. The molecule has 0 radical (unpaired) electrons. The van der Waals surface area contributed by atoms with E-state index in [1.807, 2.05) is 6.92 Å². The molecule has 0 bridgehead atoms. The highest BCUT2D eigenvalue weighted by molar-refractivity contribution is 5.69. The highest BCUT2D eigenvalue weighted by Gasteiger charge is 2.37. The van der Waals surface area contributed by atoms with Gasteiger partial charge in [0.1, 0.15) is 11.8 Å². The maximum absolute atomic E-state index is 13.7. The molecule has 1 fully saturated rings. The van der Waals surface area contributed by atoms with Crippen LogP contribution in [-0.2, 0) is 17.8 Å². The van der Waals surface area contributed by atoms with Crippen molar-refractivity contribution < 1.29 is 13.9 Å². The fourth-order valence-corrected chi connectivity index (χ4v) is 2.65. The van der Waals surface area contributed by atoms with Crippen LogP contribution in [0.15, 0.2) is 6.20 Å². The van der Waals surface area contributed by atoms with Gasteiger partial charge in [-0.2, -0.15) is 0 Å². The molecule has 130 valence electrons. The van der Waals surface area contributed by atoms with Crippen molar-refractivity contribution in [2.75, 3.05) is 13.1 Å². The SMILES string of the molecule is CCn1nncc1CNC[C@@H]1C[C@H](F)CN1C(=O)OC(C)(C)C. The minimum absolute atomic E-state index is 0.0930. The number of hydrogen-bond donors (Lipinski definition) is 1. The molecule has 1 saturated heterocycles. The molecule has 0 unspecified atom stereocenters. The zero-order valence-corrected chi connectivity index (χ0v) is 14.3. The summed E-state index contributed by atoms with van der Waals surface area (Å²) in [4.78, 5) is 13.7. The molecule has 0 aliphatic carbocycles. The largest absolute Gasteiger partial charge is 0.444 e. The van der Waals surface area contributed by atoms with E-state index < -0.39 is 17.9 Å². The molecule has 1 aromatic heterocycles. The standard InChI is InChI=1S/C15H26FN5O2/c1-5-21-13(9-18-19-21)8-17-7-12-6-11(16)10-20(12)14(22)23-15(2,3)4/h9,11-12,17H,5-8,10H2,1-4H3/t11-,12-/m0/s1. The molecule has 2 atom stereocenters. The number of carbonyl (C=O) groups excluding carboxylic acids is 1. The van der Waals surface area contributed by atoms with Gasteiger partial charge in [0, 0.05) is 26.1 Å². The molecular weight excluding hydrogens is 301 g/mol. The van der Waals surface area contributed by atoms with Gasteiger partial charge in [-0.25, -0.2) is 13.9 Å². The number of carbonyl (C=O) groups is 1. The van der Waals surface area contributed by atoms with Crippen molar-refractivity contribution in [3.63, 3.8) is 0 Å². The smallest absolute Gasteiger partial charge is 0.410 e. The molecular formula is C15H26FN5O2. The van der Waals surface area contributed by atoms with Gasteiger partial charge in [0.25, 0.3) is 0 Å². The van der Waals surface area contributed by atoms with Gasteiger partial charge in [0.05, 0.1) is 24.5 Å². The highest BCUT2D eigenvalue weighted by Crippen LogP contribution is 2.22. The minimum Gasteiger partial charge on any atom is -0.444 e. The Morgan fingerprint density at radius 2 is 2.26 bits per heavy atom. The fourth-order valence-electron chi connectivity index (χ4n) is 2.65. The number of nitrogens with one attached hydrogen (secondary N) is 1. The fraction of sp³-hybridized carbons (Fsp3) is 0.800. The molecule has 2 rings (SSSR count). The lowest BCUT2D eigenvalue weighted by Crippen LogP contribution is -2.44. The molecule has 2 heterocycles. The van der Waals surface area contributed by atoms with E-state index in [4.69, 9.17) is 4.74 Å². The number of rotatable bonds is 5. The molecule has 23 heavy (non-hydrogen) atoms. The van der Waals surface area contributed by atoms with Crippen molar-refractivity contribution in [2.24, 2.45) is 0 Å². The Hall–Kier alpha value is -1.70. The normalized spacial score (nSPS) is 21.7. The second kappa shape index (κ2) is 7.25. The van der Waals surface area contributed by atoms with E-state index in [9.17, 15) is 9.18 Å². The van der Waals surface area contributed by atoms with Crippen molar-refractivity contribution in [1.82, 2.24) is 25.2 Å². The van der Waals surface area contributed by atoms with E-state index in [0.717, 1.165) is 12.2 Å². The Morgan fingerprint density at radius 1 is 1.52 bits per heavy atom. The van der Waals surface area contributed by atoms with Crippen LogP contribution in [0.1, 0.15) is 39.8 Å². The van der Waals surface area contributed by atoms with Crippen LogP contribution in [0.5, 0.6) is 0 Å². The molecule has 0 saturated carbocycles. The number of aryl methyl sites for hydroxylation is 1. The van der Waals surface area contributed by atoms with Crippen LogP contribution in [0.25, 0.3) is 0 Å². The summed E-state index contributed by atoms with van der Waals surface area (Å²) < 4.78 is 20.9. The summed E-state index contributed by atoms with van der Waals surface area (Å²) in [6.45, 7) is 9.34. The van der Waals surface area contributed by atoms with Crippen LogP contribution in [-0.4, -0.2) is 56.9 Å². The number of ether oxygens (including phenoxy) is 1. The summed E-state index contributed by atoms with van der Waals surface area (Å²) in [6, 6.07) is -0.203. The summed E-state index contributed by atoms with van der Waals surface area (Å²) in [5.41, 5.74) is 0.383. The number of alkyl halides is 1. The molecule has 1 N–H and O–H groups in total. The van der Waals surface area contributed by atoms with Gasteiger partial charge in [-0.05, 0) is 27.7 Å². The van der Waals surface area contributed by atoms with Crippen LogP contribution < -0.4 is 5.32 Å². The molecule has 8 heteroatoms. The number of nitrogens with zero attached hydrogens (tertiary/aromatic N) is 4. The number of halogens is 1. The van der Waals surface area contributed by atoms with E-state index in [1.165, 1.54) is 4.90 Å². The Bertz CT molecular complexity index is 528. The topological polar surface area (TPSA) is 72.3 Å². The molecule has 1 amide bonds. The number of amides is 1. The van der Waals surface area contributed by atoms with E-state index in [-0.39, 0.29) is 12.6 Å². The third-order valence-corrected chi connectivity index (χ3v) is 3.67. The summed E-state index contributed by atoms with van der Waals surface area (Å²) >= 11 is 0. The lowest BCUT2D eigenvalue weighted by Gasteiger charge is -2.28. The minimum atomic E-state index is -1.00. The Kier molecular flexibility index (Phi) is 5.56. The first-order chi connectivity index (χ1) is 10.8. The predicted octanol–water partition coefficient (Wildman–Crippen LogP) is 1.74. The zero-order chi connectivity index (χ0) is 17.0. The van der Waals surface area contributed by atoms with Gasteiger partial charge in [0.2, 0.25) is 0 Å². The average Bonchev–Trinajstić information content (AvgIpc) is 3.03. The Morgan fingerprint density at radius 3 is 2.91 bits per heavy atom. The lowest BCUT2D eigenvalue weighted by atomic mass is 10.2. The van der Waals surface area contributed by atoms with Crippen LogP contribution in [0.3, 0.4) is 0 Å². The van der Waals surface area contributed by atoms with Crippen molar-refractivity contribution >= 4 is 6.09 Å². The molecule has 1 aliphatic rings. The van der Waals surface area contributed by atoms with Gasteiger partial charge in [-0.15, -0.1) is 5.10 Å². The van der Waals surface area contributed by atoms with E-state index >= 15 is 0 Å². The van der Waals surface area contributed by atoms with Crippen LogP contribution >= 0.6 is 0 Å². The van der Waals surface area contributed by atoms with Crippen LogP contribution in [0.2, 0.25) is 0 Å². The summed E-state index contributed by atoms with van der Waals surface area (Å²) in [6.07, 6.45) is 0.577. The number of likely N-dealkylation sites (tertiary alicyclic amines) is 1. The van der Waals surface area contributed by atoms with Gasteiger partial charge in [-0.1, -0.05) is 5.21 Å². The van der Waals surface area contributed by atoms with Gasteiger partial charge < -0.3 is 15.0 Å². The van der Waals surface area contributed by atoms with E-state index in [1.54, 1.807) is 31.6 Å². The monoisotopic (exact) mass is 327 g/mol. The molecule has 0 spiro atoms. The third kappa shape index (κ3) is 4.89. The second-order valence-corrected chi connectivity index (χ2v) is 6.79. The summed E-state index contributed by atoms with van der Waals surface area (Å²) in [5.74, 6) is 0. The average molecular weight is 327 g/mol. The summed E-state index contributed by atoms with van der Waals surface area (Å²) in [5, 5.41) is 11.1. The molecule has 7 nitrogen and oxygen atoms in total. The predicted molar refractivity (Wildman–Crippen MR) is 83.6 cm³/mol. The summed E-state index contributed by atoms with van der Waals surface area (Å²) in [7, 11) is 0. The first-order valence-corrected chi connectivity index (χ1v) is 8.02. The lowest BCUT2D eigenvalue weighted by molar-refractivity contribution is 0.0218. The van der Waals surface area contributed by atoms with E-state index in [2.05, 4.69) is 15.6 Å². The number of aromatic nitrogens is 3. The van der Waals surface area contributed by atoms with Crippen LogP contribution in [0.4, 0.5) is 9.18 Å². The van der Waals surface area contributed by atoms with Crippen molar-refractivity contribution in [1.29, 1.82) is 0 Å².